The van der Waals surface area contributed by atoms with Crippen LogP contribution in [-0.4, -0.2) is 24.4 Å². The van der Waals surface area contributed by atoms with Gasteiger partial charge in [0.15, 0.2) is 0 Å². The van der Waals surface area contributed by atoms with Gasteiger partial charge in [-0.25, -0.2) is 0 Å². The largest absolute Gasteiger partial charge is 0.496 e. The molecular weight excluding hydrogens is 302 g/mol. The van der Waals surface area contributed by atoms with Gasteiger partial charge in [-0.1, -0.05) is 5.16 Å². The van der Waals surface area contributed by atoms with E-state index in [1.807, 2.05) is 6.07 Å². The first-order valence-electron chi connectivity index (χ1n) is 5.14. The van der Waals surface area contributed by atoms with Crippen LogP contribution in [0.15, 0.2) is 21.1 Å². The van der Waals surface area contributed by atoms with Crippen molar-refractivity contribution in [2.75, 3.05) is 14.2 Å². The summed E-state index contributed by atoms with van der Waals surface area (Å²) < 4.78 is 16.2. The van der Waals surface area contributed by atoms with E-state index in [0.29, 0.717) is 28.8 Å². The molecule has 0 amide bonds. The molecule has 1 aromatic heterocycles. The van der Waals surface area contributed by atoms with Crippen molar-refractivity contribution in [3.05, 3.63) is 22.5 Å². The molecule has 2 N–H and O–H groups in total. The highest BCUT2D eigenvalue weighted by molar-refractivity contribution is 9.10. The molecule has 0 spiro atoms. The minimum atomic E-state index is 0.201. The third kappa shape index (κ3) is 2.32. The zero-order valence-electron chi connectivity index (χ0n) is 9.94. The molecule has 1 aromatic carbocycles. The number of hydrogen-bond acceptors (Lipinski definition) is 6. The van der Waals surface area contributed by atoms with Gasteiger partial charge in [0.05, 0.1) is 30.8 Å². The fourth-order valence-electron chi connectivity index (χ4n) is 1.48. The summed E-state index contributed by atoms with van der Waals surface area (Å²) in [4.78, 5) is 4.16. The fraction of sp³-hybridized carbons (Fsp3) is 0.273. The lowest BCUT2D eigenvalue weighted by Crippen LogP contribution is -1.96. The van der Waals surface area contributed by atoms with Gasteiger partial charge in [0.1, 0.15) is 11.5 Å². The number of hydrogen-bond donors (Lipinski definition) is 1. The minimum Gasteiger partial charge on any atom is -0.496 e. The molecule has 0 fully saturated rings. The predicted molar refractivity (Wildman–Crippen MR) is 68.4 cm³/mol. The van der Waals surface area contributed by atoms with Crippen molar-refractivity contribution < 1.29 is 14.0 Å². The van der Waals surface area contributed by atoms with Gasteiger partial charge in [-0.05, 0) is 22.0 Å². The Balaban J connectivity index is 2.52. The maximum absolute atomic E-state index is 5.43. The molecule has 0 aliphatic rings. The average molecular weight is 314 g/mol. The molecular formula is C11H12BrN3O3. The van der Waals surface area contributed by atoms with Crippen molar-refractivity contribution in [3.8, 4) is 22.9 Å². The number of aromatic nitrogens is 2. The van der Waals surface area contributed by atoms with Crippen LogP contribution in [0.2, 0.25) is 0 Å². The molecule has 0 aliphatic carbocycles. The van der Waals surface area contributed by atoms with E-state index in [1.54, 1.807) is 20.3 Å². The molecule has 18 heavy (non-hydrogen) atoms. The van der Waals surface area contributed by atoms with Gasteiger partial charge in [-0.2, -0.15) is 4.98 Å². The lowest BCUT2D eigenvalue weighted by molar-refractivity contribution is 0.379. The highest BCUT2D eigenvalue weighted by atomic mass is 79.9. The molecule has 0 saturated carbocycles. The fourth-order valence-corrected chi connectivity index (χ4v) is 1.99. The van der Waals surface area contributed by atoms with Crippen LogP contribution < -0.4 is 15.2 Å². The summed E-state index contributed by atoms with van der Waals surface area (Å²) in [7, 11) is 3.15. The zero-order valence-corrected chi connectivity index (χ0v) is 11.5. The van der Waals surface area contributed by atoms with Crippen molar-refractivity contribution >= 4 is 15.9 Å². The molecule has 96 valence electrons. The Kier molecular flexibility index (Phi) is 3.83. The summed E-state index contributed by atoms with van der Waals surface area (Å²) >= 11 is 3.40. The van der Waals surface area contributed by atoms with E-state index in [0.717, 1.165) is 4.47 Å². The van der Waals surface area contributed by atoms with Gasteiger partial charge < -0.3 is 19.7 Å². The summed E-state index contributed by atoms with van der Waals surface area (Å²) in [5.41, 5.74) is 6.13. The molecule has 0 unspecified atom stereocenters. The van der Waals surface area contributed by atoms with Crippen molar-refractivity contribution in [1.82, 2.24) is 10.1 Å². The van der Waals surface area contributed by atoms with Crippen molar-refractivity contribution in [2.45, 2.75) is 6.54 Å². The van der Waals surface area contributed by atoms with Gasteiger partial charge in [-0.3, -0.25) is 0 Å². The van der Waals surface area contributed by atoms with E-state index in [-0.39, 0.29) is 6.54 Å². The lowest BCUT2D eigenvalue weighted by Gasteiger charge is -2.09. The van der Waals surface area contributed by atoms with Gasteiger partial charge >= 0.3 is 0 Å². The second-order valence-corrected chi connectivity index (χ2v) is 4.26. The zero-order chi connectivity index (χ0) is 13.1. The summed E-state index contributed by atoms with van der Waals surface area (Å²) in [5.74, 6) is 2.06. The number of nitrogens with two attached hydrogens (primary N) is 1. The van der Waals surface area contributed by atoms with Gasteiger partial charge in [0.25, 0.3) is 0 Å². The first-order valence-corrected chi connectivity index (χ1v) is 5.93. The third-order valence-corrected chi connectivity index (χ3v) is 2.98. The number of nitrogens with zero attached hydrogens (tertiary/aromatic N) is 2. The van der Waals surface area contributed by atoms with Gasteiger partial charge in [0.2, 0.25) is 11.7 Å². The first-order chi connectivity index (χ1) is 8.69. The Bertz CT molecular complexity index is 556. The molecule has 6 nitrogen and oxygen atoms in total. The highest BCUT2D eigenvalue weighted by Crippen LogP contribution is 2.37. The van der Waals surface area contributed by atoms with Crippen LogP contribution in [0.4, 0.5) is 0 Å². The Morgan fingerprint density at radius 1 is 1.28 bits per heavy atom. The van der Waals surface area contributed by atoms with Crippen LogP contribution in [0, 0.1) is 0 Å². The third-order valence-electron chi connectivity index (χ3n) is 2.36. The van der Waals surface area contributed by atoms with E-state index >= 15 is 0 Å². The first kappa shape index (κ1) is 12.8. The summed E-state index contributed by atoms with van der Waals surface area (Å²) in [6.07, 6.45) is 0. The van der Waals surface area contributed by atoms with Crippen LogP contribution in [0.5, 0.6) is 11.5 Å². The molecule has 0 aliphatic heterocycles. The number of halogens is 1. The minimum absolute atomic E-state index is 0.201. The number of benzene rings is 1. The van der Waals surface area contributed by atoms with E-state index in [2.05, 4.69) is 26.1 Å². The van der Waals surface area contributed by atoms with Crippen LogP contribution >= 0.6 is 15.9 Å². The highest BCUT2D eigenvalue weighted by Gasteiger charge is 2.16. The maximum atomic E-state index is 5.43. The van der Waals surface area contributed by atoms with Crippen LogP contribution in [0.25, 0.3) is 11.4 Å². The van der Waals surface area contributed by atoms with Gasteiger partial charge in [0, 0.05) is 6.07 Å². The number of rotatable bonds is 4. The normalized spacial score (nSPS) is 10.4. The maximum Gasteiger partial charge on any atom is 0.240 e. The summed E-state index contributed by atoms with van der Waals surface area (Å²) in [6, 6.07) is 3.56. The Labute approximate surface area is 112 Å². The molecule has 2 rings (SSSR count). The second-order valence-electron chi connectivity index (χ2n) is 3.40. The standard InChI is InChI=1S/C11H12BrN3O3/c1-16-8-4-9(17-2)7(12)3-6(8)11-14-10(5-13)18-15-11/h3-4H,5,13H2,1-2H3. The predicted octanol–water partition coefficient (Wildman–Crippen LogP) is 1.98. The smallest absolute Gasteiger partial charge is 0.240 e. The molecule has 1 heterocycles. The van der Waals surface area contributed by atoms with Crippen molar-refractivity contribution in [3.63, 3.8) is 0 Å². The van der Waals surface area contributed by atoms with E-state index in [1.165, 1.54) is 0 Å². The number of ether oxygens (including phenoxy) is 2. The van der Waals surface area contributed by atoms with Crippen LogP contribution in [0.1, 0.15) is 5.89 Å². The van der Waals surface area contributed by atoms with E-state index in [9.17, 15) is 0 Å². The summed E-state index contributed by atoms with van der Waals surface area (Å²) in [5, 5.41) is 3.85. The molecule has 0 atom stereocenters. The van der Waals surface area contributed by atoms with Crippen LogP contribution in [0.3, 0.4) is 0 Å². The lowest BCUT2D eigenvalue weighted by atomic mass is 10.2. The molecule has 0 bridgehead atoms. The van der Waals surface area contributed by atoms with Gasteiger partial charge in [-0.15, -0.1) is 0 Å². The van der Waals surface area contributed by atoms with E-state index in [4.69, 9.17) is 19.7 Å². The summed E-state index contributed by atoms with van der Waals surface area (Å²) in [6.45, 7) is 0.201. The quantitative estimate of drug-likeness (QED) is 0.929. The Morgan fingerprint density at radius 3 is 2.56 bits per heavy atom. The second kappa shape index (κ2) is 5.36. The molecule has 7 heteroatoms. The molecule has 0 saturated heterocycles. The SMILES string of the molecule is COc1cc(OC)c(-c2noc(CN)n2)cc1Br. The van der Waals surface area contributed by atoms with Crippen LogP contribution in [-0.2, 0) is 6.54 Å². The number of methoxy groups -OCH3 is 2. The Hall–Kier alpha value is -1.60. The van der Waals surface area contributed by atoms with Crippen molar-refractivity contribution in [1.29, 1.82) is 0 Å². The average Bonchev–Trinajstić information content (AvgIpc) is 2.87. The van der Waals surface area contributed by atoms with E-state index < -0.39 is 0 Å². The van der Waals surface area contributed by atoms with Crippen molar-refractivity contribution in [2.24, 2.45) is 5.73 Å². The topological polar surface area (TPSA) is 83.4 Å². The Morgan fingerprint density at radius 2 is 2.00 bits per heavy atom. The monoisotopic (exact) mass is 313 g/mol. The molecule has 2 aromatic rings. The molecule has 0 radical (unpaired) electrons.